The maximum Gasteiger partial charge on any atom is 0.460 e. The standard InChI is InChI=1S/C14HF22NO3S/c15-1-2(16)4(18)6(5(19)3(1)17)37-40-41(38,39)14(35,36)12(30,31)10(26,27)8(22,23)7(20,21)9(24,25)11(28,29)13(32,33)34/h37H. The molecule has 0 heterocycles. The zero-order valence-electron chi connectivity index (χ0n) is 17.4. The molecule has 27 heteroatoms. The van der Waals surface area contributed by atoms with Gasteiger partial charge >= 0.3 is 57.1 Å². The minimum absolute atomic E-state index is 0.233. The van der Waals surface area contributed by atoms with Crippen LogP contribution in [0.3, 0.4) is 0 Å². The van der Waals surface area contributed by atoms with E-state index >= 15 is 0 Å². The number of benzene rings is 1. The second-order valence-corrected chi connectivity index (χ2v) is 8.63. The summed E-state index contributed by atoms with van der Waals surface area (Å²) in [5, 5.41) is -8.28. The van der Waals surface area contributed by atoms with Gasteiger partial charge in [0.05, 0.1) is 0 Å². The molecule has 41 heavy (non-hydrogen) atoms. The fourth-order valence-electron chi connectivity index (χ4n) is 2.15. The van der Waals surface area contributed by atoms with Crippen LogP contribution in [0.5, 0.6) is 0 Å². The minimum Gasteiger partial charge on any atom is -0.243 e. The second kappa shape index (κ2) is 9.72. The van der Waals surface area contributed by atoms with E-state index in [2.05, 4.69) is 4.28 Å². The lowest BCUT2D eigenvalue weighted by atomic mass is 9.91. The molecule has 240 valence electrons. The lowest BCUT2D eigenvalue weighted by Crippen LogP contribution is -2.75. The Labute approximate surface area is 207 Å². The number of anilines is 1. The molecule has 0 fully saturated rings. The quantitative estimate of drug-likeness (QED) is 0.125. The average molecular weight is 681 g/mol. The van der Waals surface area contributed by atoms with Gasteiger partial charge in [-0.15, -0.1) is 4.28 Å². The number of hydrogen-bond acceptors (Lipinski definition) is 4. The molecule has 0 amide bonds. The van der Waals surface area contributed by atoms with Crippen LogP contribution in [0.4, 0.5) is 102 Å². The van der Waals surface area contributed by atoms with Gasteiger partial charge in [-0.1, -0.05) is 0 Å². The molecule has 0 aliphatic heterocycles. The zero-order valence-corrected chi connectivity index (χ0v) is 18.3. The Morgan fingerprint density at radius 3 is 1.02 bits per heavy atom. The van der Waals surface area contributed by atoms with E-state index in [0.717, 1.165) is 0 Å². The number of nitrogens with one attached hydrogen (secondary N) is 1. The fourth-order valence-corrected chi connectivity index (χ4v) is 2.89. The van der Waals surface area contributed by atoms with Crippen LogP contribution in [0, 0.1) is 29.1 Å². The summed E-state index contributed by atoms with van der Waals surface area (Å²) in [5.41, 5.74) is -3.15. The first kappa shape index (κ1) is 36.4. The summed E-state index contributed by atoms with van der Waals surface area (Å²) in [6.45, 7) is 0. The van der Waals surface area contributed by atoms with Gasteiger partial charge in [-0.05, 0) is 0 Å². The molecule has 0 spiro atoms. The van der Waals surface area contributed by atoms with Crippen molar-refractivity contribution in [2.45, 2.75) is 47.0 Å². The third-order valence-electron chi connectivity index (χ3n) is 4.47. The molecule has 0 bridgehead atoms. The van der Waals surface area contributed by atoms with Gasteiger partial charge < -0.3 is 0 Å². The van der Waals surface area contributed by atoms with Crippen molar-refractivity contribution in [2.24, 2.45) is 0 Å². The summed E-state index contributed by atoms with van der Waals surface area (Å²) in [4.78, 5) is 0. The molecule has 4 nitrogen and oxygen atoms in total. The van der Waals surface area contributed by atoms with Crippen molar-refractivity contribution >= 4 is 15.8 Å². The molecule has 0 unspecified atom stereocenters. The fraction of sp³-hybridized carbons (Fsp3) is 0.571. The van der Waals surface area contributed by atoms with Crippen molar-refractivity contribution in [2.75, 3.05) is 5.48 Å². The van der Waals surface area contributed by atoms with Crippen LogP contribution in [-0.4, -0.2) is 55.4 Å². The van der Waals surface area contributed by atoms with Crippen LogP contribution in [0.15, 0.2) is 0 Å². The van der Waals surface area contributed by atoms with Gasteiger partial charge in [-0.25, -0.2) is 27.4 Å². The van der Waals surface area contributed by atoms with Gasteiger partial charge in [-0.3, -0.25) is 0 Å². The Balaban J connectivity index is 3.68. The maximum absolute atomic E-state index is 13.8. The summed E-state index contributed by atoms with van der Waals surface area (Å²) in [6, 6.07) is 0. The Morgan fingerprint density at radius 1 is 0.439 bits per heavy atom. The Bertz CT molecular complexity index is 1260. The van der Waals surface area contributed by atoms with Gasteiger partial charge in [0.2, 0.25) is 5.82 Å². The highest BCUT2D eigenvalue weighted by atomic mass is 32.2. The highest BCUT2D eigenvalue weighted by Crippen LogP contribution is 2.64. The highest BCUT2D eigenvalue weighted by Gasteiger charge is 2.96. The molecule has 0 saturated heterocycles. The molecule has 0 saturated carbocycles. The molecule has 0 aromatic heterocycles. The molecule has 1 aromatic rings. The summed E-state index contributed by atoms with van der Waals surface area (Å²) in [7, 11) is -8.40. The van der Waals surface area contributed by atoms with Crippen molar-refractivity contribution in [3.8, 4) is 0 Å². The van der Waals surface area contributed by atoms with Crippen molar-refractivity contribution in [3.63, 3.8) is 0 Å². The summed E-state index contributed by atoms with van der Waals surface area (Å²) >= 11 is 0. The van der Waals surface area contributed by atoms with Crippen molar-refractivity contribution in [3.05, 3.63) is 29.1 Å². The van der Waals surface area contributed by atoms with E-state index < -0.39 is 91.9 Å². The van der Waals surface area contributed by atoms with Crippen molar-refractivity contribution in [1.82, 2.24) is 0 Å². The lowest BCUT2D eigenvalue weighted by Gasteiger charge is -2.42. The number of hydrogen-bond donors (Lipinski definition) is 1. The topological polar surface area (TPSA) is 55.4 Å². The SMILES string of the molecule is O=S(=O)(ONc1c(F)c(F)c(F)c(F)c1F)C(F)(F)C(F)(F)C(F)(F)C(F)(F)C(F)(F)C(F)(F)C(F)(F)C(F)(F)F. The molecule has 0 radical (unpaired) electrons. The van der Waals surface area contributed by atoms with Gasteiger partial charge in [-0.2, -0.15) is 83.1 Å². The summed E-state index contributed by atoms with van der Waals surface area (Å²) < 4.78 is 314. The van der Waals surface area contributed by atoms with Crippen LogP contribution in [-0.2, 0) is 14.4 Å². The predicted molar refractivity (Wildman–Crippen MR) is 80.5 cm³/mol. The Kier molecular flexibility index (Phi) is 8.63. The molecule has 1 aromatic carbocycles. The van der Waals surface area contributed by atoms with E-state index in [-0.39, 0.29) is 5.48 Å². The second-order valence-electron chi connectivity index (χ2n) is 7.05. The third-order valence-corrected chi connectivity index (χ3v) is 5.66. The van der Waals surface area contributed by atoms with Gasteiger partial charge in [0, 0.05) is 0 Å². The van der Waals surface area contributed by atoms with E-state index in [1.54, 1.807) is 0 Å². The highest BCUT2D eigenvalue weighted by molar-refractivity contribution is 7.87. The smallest absolute Gasteiger partial charge is 0.243 e. The Hall–Kier alpha value is -2.61. The largest absolute Gasteiger partial charge is 0.460 e. The lowest BCUT2D eigenvalue weighted by molar-refractivity contribution is -0.458. The normalized spacial score (nSPS) is 15.4. The van der Waals surface area contributed by atoms with Gasteiger partial charge in [0.1, 0.15) is 5.69 Å². The first-order valence-electron chi connectivity index (χ1n) is 8.57. The molecule has 0 atom stereocenters. The van der Waals surface area contributed by atoms with Crippen molar-refractivity contribution in [1.29, 1.82) is 0 Å². The number of rotatable bonds is 10. The predicted octanol–water partition coefficient (Wildman–Crippen LogP) is 7.02. The van der Waals surface area contributed by atoms with Crippen LogP contribution < -0.4 is 5.48 Å². The first-order chi connectivity index (χ1) is 17.6. The molecule has 1 N–H and O–H groups in total. The maximum atomic E-state index is 13.8. The summed E-state index contributed by atoms with van der Waals surface area (Å²) in [6.07, 6.45) is -8.04. The zero-order chi connectivity index (χ0) is 33.4. The molecular weight excluding hydrogens is 680 g/mol. The van der Waals surface area contributed by atoms with E-state index in [4.69, 9.17) is 0 Å². The van der Waals surface area contributed by atoms with Crippen LogP contribution >= 0.6 is 0 Å². The van der Waals surface area contributed by atoms with Crippen molar-refractivity contribution < 1.29 is 109 Å². The van der Waals surface area contributed by atoms with Crippen LogP contribution in [0.25, 0.3) is 0 Å². The first-order valence-corrected chi connectivity index (χ1v) is 9.97. The van der Waals surface area contributed by atoms with Crippen LogP contribution in [0.2, 0.25) is 0 Å². The molecule has 1 rings (SSSR count). The molecular formula is C14HF22NO3S. The monoisotopic (exact) mass is 681 g/mol. The van der Waals surface area contributed by atoms with E-state index in [9.17, 15) is 105 Å². The van der Waals surface area contributed by atoms with Gasteiger partial charge in [0.15, 0.2) is 23.3 Å². The molecule has 0 aliphatic carbocycles. The third kappa shape index (κ3) is 4.74. The van der Waals surface area contributed by atoms with Crippen LogP contribution in [0.1, 0.15) is 0 Å². The Morgan fingerprint density at radius 2 is 0.707 bits per heavy atom. The number of halogens is 22. The number of alkyl halides is 17. The van der Waals surface area contributed by atoms with E-state index in [0.29, 0.717) is 0 Å². The minimum atomic E-state index is -9.17. The van der Waals surface area contributed by atoms with Gasteiger partial charge in [0.25, 0.3) is 0 Å². The average Bonchev–Trinajstić information content (AvgIpc) is 2.79. The summed E-state index contributed by atoms with van der Waals surface area (Å²) in [5.74, 6) is -69.4. The van der Waals surface area contributed by atoms with E-state index in [1.807, 2.05) is 0 Å². The molecule has 0 aliphatic rings. The van der Waals surface area contributed by atoms with E-state index in [1.165, 1.54) is 0 Å².